The van der Waals surface area contributed by atoms with Gasteiger partial charge in [0.1, 0.15) is 0 Å². The minimum absolute atomic E-state index is 0.116. The van der Waals surface area contributed by atoms with E-state index in [-0.39, 0.29) is 29.8 Å². The van der Waals surface area contributed by atoms with Gasteiger partial charge in [0.2, 0.25) is 5.91 Å². The number of nitrogens with zero attached hydrogens (tertiary/aromatic N) is 1. The third-order valence-corrected chi connectivity index (χ3v) is 8.39. The Hall–Kier alpha value is -1.55. The number of amides is 1. The van der Waals surface area contributed by atoms with Gasteiger partial charge in [-0.25, -0.2) is 0 Å². The third-order valence-electron chi connectivity index (χ3n) is 7.88. The molecule has 1 aromatic rings. The van der Waals surface area contributed by atoms with Crippen molar-refractivity contribution < 1.29 is 9.90 Å². The smallest absolute Gasteiger partial charge is 0.229 e. The van der Waals surface area contributed by atoms with E-state index in [1.807, 2.05) is 43.3 Å². The maximum atomic E-state index is 14.2. The molecule has 1 saturated heterocycles. The van der Waals surface area contributed by atoms with Gasteiger partial charge < -0.3 is 10.0 Å². The number of rotatable bonds is 7. The lowest BCUT2D eigenvalue weighted by molar-refractivity contribution is -0.164. The van der Waals surface area contributed by atoms with Crippen molar-refractivity contribution in [1.82, 2.24) is 4.90 Å². The van der Waals surface area contributed by atoms with Crippen LogP contribution >= 0.6 is 23.2 Å². The Morgan fingerprint density at radius 2 is 1.94 bits per heavy atom. The first kappa shape index (κ1) is 24.6. The molecule has 1 saturated carbocycles. The summed E-state index contributed by atoms with van der Waals surface area (Å²) in [6, 6.07) is 7.51. The molecule has 3 nitrogen and oxygen atoms in total. The topological polar surface area (TPSA) is 40.5 Å². The molecule has 33 heavy (non-hydrogen) atoms. The minimum Gasteiger partial charge on any atom is -0.391 e. The zero-order valence-corrected chi connectivity index (χ0v) is 21.3. The number of benzene rings is 1. The van der Waals surface area contributed by atoms with E-state index in [9.17, 15) is 9.90 Å². The fourth-order valence-corrected chi connectivity index (χ4v) is 6.50. The van der Waals surface area contributed by atoms with Crippen molar-refractivity contribution in [2.24, 2.45) is 29.1 Å². The number of hydrogen-bond acceptors (Lipinski definition) is 2. The normalized spacial score (nSPS) is 34.1. The van der Waals surface area contributed by atoms with Crippen molar-refractivity contribution >= 4 is 29.1 Å². The Labute approximate surface area is 208 Å². The molecular formula is C28H35Cl2NO2. The fourth-order valence-electron chi connectivity index (χ4n) is 6.16. The molecule has 2 aliphatic carbocycles. The molecule has 1 amide bonds. The summed E-state index contributed by atoms with van der Waals surface area (Å²) in [5.41, 5.74) is 0.495. The molecule has 1 N–H and O–H groups in total. The van der Waals surface area contributed by atoms with E-state index in [2.05, 4.69) is 37.5 Å². The van der Waals surface area contributed by atoms with Crippen LogP contribution in [-0.4, -0.2) is 28.1 Å². The number of aliphatic hydroxyl groups is 1. The van der Waals surface area contributed by atoms with Gasteiger partial charge in [-0.15, -0.1) is 6.58 Å². The summed E-state index contributed by atoms with van der Waals surface area (Å²) >= 11 is 12.7. The van der Waals surface area contributed by atoms with E-state index in [0.29, 0.717) is 23.3 Å². The molecule has 0 spiro atoms. The predicted octanol–water partition coefficient (Wildman–Crippen LogP) is 6.92. The zero-order valence-electron chi connectivity index (χ0n) is 19.8. The maximum Gasteiger partial charge on any atom is 0.229 e. The lowest BCUT2D eigenvalue weighted by Gasteiger charge is -2.54. The molecule has 5 heteroatoms. The van der Waals surface area contributed by atoms with E-state index >= 15 is 0 Å². The average Bonchev–Trinajstić information content (AvgIpc) is 3.59. The van der Waals surface area contributed by atoms with E-state index < -0.39 is 11.5 Å². The highest BCUT2D eigenvalue weighted by Crippen LogP contribution is 2.54. The molecule has 7 atom stereocenters. The SMILES string of the molecule is C=CCC1(C)C[C@H](C2C=C(Cl)C=CC2C)[C@@H](c2ccc(Cl)cc2)N([C@@H](C2CC2)[C@@H](C)O)C1=O. The standard InChI is InChI=1S/C28H35Cl2NO2/c1-5-14-28(4)16-24(23-15-22(30)11-6-17(23)2)26(20-9-12-21(29)13-10-20)31(27(28)33)25(18(3)32)19-7-8-19/h5-6,9-13,15,17-19,23-26,32H,1,7-8,14,16H2,2-4H3/t17?,18-,23?,24-,25-,26-,28?/m1/s1. The summed E-state index contributed by atoms with van der Waals surface area (Å²) in [4.78, 5) is 16.3. The van der Waals surface area contributed by atoms with Crippen molar-refractivity contribution in [2.45, 2.75) is 64.6 Å². The third kappa shape index (κ3) is 4.83. The number of hydrogen-bond donors (Lipinski definition) is 1. The molecule has 0 aromatic heterocycles. The van der Waals surface area contributed by atoms with E-state index in [0.717, 1.165) is 29.9 Å². The second-order valence-corrected chi connectivity index (χ2v) is 11.4. The van der Waals surface area contributed by atoms with Crippen LogP contribution < -0.4 is 0 Å². The van der Waals surface area contributed by atoms with Crippen LogP contribution in [0.15, 0.2) is 60.2 Å². The van der Waals surface area contributed by atoms with Crippen LogP contribution in [0.4, 0.5) is 0 Å². The molecule has 4 rings (SSSR count). The van der Waals surface area contributed by atoms with Crippen LogP contribution in [0.1, 0.15) is 58.1 Å². The van der Waals surface area contributed by atoms with Crippen molar-refractivity contribution in [3.8, 4) is 0 Å². The van der Waals surface area contributed by atoms with Gasteiger partial charge in [0.25, 0.3) is 0 Å². The number of carbonyl (C=O) groups is 1. The van der Waals surface area contributed by atoms with Gasteiger partial charge in [-0.2, -0.15) is 0 Å². The molecule has 1 heterocycles. The highest BCUT2D eigenvalue weighted by Gasteiger charge is 2.55. The Morgan fingerprint density at radius 1 is 1.27 bits per heavy atom. The lowest BCUT2D eigenvalue weighted by Crippen LogP contribution is -2.60. The van der Waals surface area contributed by atoms with Crippen molar-refractivity contribution in [3.63, 3.8) is 0 Å². The average molecular weight is 488 g/mol. The summed E-state index contributed by atoms with van der Waals surface area (Å²) in [7, 11) is 0. The van der Waals surface area contributed by atoms with Gasteiger partial charge in [0.15, 0.2) is 0 Å². The van der Waals surface area contributed by atoms with Crippen molar-refractivity contribution in [2.75, 3.05) is 0 Å². The van der Waals surface area contributed by atoms with Crippen LogP contribution in [0.2, 0.25) is 5.02 Å². The largest absolute Gasteiger partial charge is 0.391 e. The van der Waals surface area contributed by atoms with Gasteiger partial charge in [0, 0.05) is 10.1 Å². The van der Waals surface area contributed by atoms with Crippen LogP contribution in [-0.2, 0) is 4.79 Å². The predicted molar refractivity (Wildman–Crippen MR) is 136 cm³/mol. The van der Waals surface area contributed by atoms with Crippen LogP contribution in [0.5, 0.6) is 0 Å². The lowest BCUT2D eigenvalue weighted by atomic mass is 9.62. The zero-order chi connectivity index (χ0) is 23.9. The van der Waals surface area contributed by atoms with Crippen molar-refractivity contribution in [1.29, 1.82) is 0 Å². The van der Waals surface area contributed by atoms with Crippen LogP contribution in [0.25, 0.3) is 0 Å². The maximum absolute atomic E-state index is 14.2. The Balaban J connectivity index is 1.89. The molecule has 178 valence electrons. The first-order valence-corrected chi connectivity index (χ1v) is 12.8. The molecule has 0 radical (unpaired) electrons. The monoisotopic (exact) mass is 487 g/mol. The number of likely N-dealkylation sites (tertiary alicyclic amines) is 1. The first-order valence-electron chi connectivity index (χ1n) is 12.1. The fraction of sp³-hybridized carbons (Fsp3) is 0.536. The van der Waals surface area contributed by atoms with Crippen molar-refractivity contribution in [3.05, 3.63) is 70.8 Å². The number of carbonyl (C=O) groups excluding carboxylic acids is 1. The van der Waals surface area contributed by atoms with E-state index in [1.54, 1.807) is 0 Å². The van der Waals surface area contributed by atoms with Gasteiger partial charge in [-0.3, -0.25) is 4.79 Å². The summed E-state index contributed by atoms with van der Waals surface area (Å²) in [5, 5.41) is 12.3. The Kier molecular flexibility index (Phi) is 7.15. The second kappa shape index (κ2) is 9.60. The number of allylic oxidation sites excluding steroid dienone is 5. The molecule has 0 bridgehead atoms. The van der Waals surface area contributed by atoms with E-state index in [1.165, 1.54) is 0 Å². The minimum atomic E-state index is -0.606. The molecule has 2 fully saturated rings. The quantitative estimate of drug-likeness (QED) is 0.424. The highest BCUT2D eigenvalue weighted by molar-refractivity contribution is 6.31. The van der Waals surface area contributed by atoms with Gasteiger partial charge in [-0.05, 0) is 80.1 Å². The van der Waals surface area contributed by atoms with Gasteiger partial charge in [0.05, 0.1) is 23.6 Å². The molecule has 1 aliphatic heterocycles. The summed E-state index contributed by atoms with van der Waals surface area (Å²) in [6.45, 7) is 10.1. The molecule has 3 aliphatic rings. The van der Waals surface area contributed by atoms with Crippen LogP contribution in [0, 0.1) is 29.1 Å². The van der Waals surface area contributed by atoms with E-state index in [4.69, 9.17) is 23.2 Å². The molecular weight excluding hydrogens is 453 g/mol. The van der Waals surface area contributed by atoms with Gasteiger partial charge >= 0.3 is 0 Å². The first-order chi connectivity index (χ1) is 15.7. The summed E-state index contributed by atoms with van der Waals surface area (Å²) < 4.78 is 0. The van der Waals surface area contributed by atoms with Gasteiger partial charge in [-0.1, -0.05) is 67.4 Å². The number of aliphatic hydroxyl groups excluding tert-OH is 1. The summed E-state index contributed by atoms with van der Waals surface area (Å²) in [5.74, 6) is 1.06. The number of piperidine rings is 1. The number of halogens is 2. The second-order valence-electron chi connectivity index (χ2n) is 10.5. The molecule has 1 aromatic carbocycles. The Bertz CT molecular complexity index is 947. The summed E-state index contributed by atoms with van der Waals surface area (Å²) in [6.07, 6.45) is 11.0. The Morgan fingerprint density at radius 3 is 2.52 bits per heavy atom. The van der Waals surface area contributed by atoms with Crippen LogP contribution in [0.3, 0.4) is 0 Å². The highest BCUT2D eigenvalue weighted by atomic mass is 35.5. The molecule has 3 unspecified atom stereocenters.